The first-order valence-corrected chi connectivity index (χ1v) is 7.81. The summed E-state index contributed by atoms with van der Waals surface area (Å²) in [6.07, 6.45) is 1.25. The molecular formula is C13H9ClN2O5S2. The molecule has 0 radical (unpaired) electrons. The van der Waals surface area contributed by atoms with Crippen LogP contribution in [0.3, 0.4) is 0 Å². The molecule has 0 atom stereocenters. The van der Waals surface area contributed by atoms with Gasteiger partial charge < -0.3 is 5.11 Å². The van der Waals surface area contributed by atoms with E-state index in [1.54, 1.807) is 6.07 Å². The van der Waals surface area contributed by atoms with Crippen LogP contribution in [0.2, 0.25) is 5.02 Å². The molecule has 1 aliphatic rings. The summed E-state index contributed by atoms with van der Waals surface area (Å²) in [6.45, 7) is -0.0158. The number of nitro groups is 1. The molecule has 1 N–H and O–H groups in total. The number of hydrogen-bond acceptors (Lipinski definition) is 6. The highest BCUT2D eigenvalue weighted by Crippen LogP contribution is 2.34. The van der Waals surface area contributed by atoms with Crippen molar-refractivity contribution in [3.63, 3.8) is 0 Å². The van der Waals surface area contributed by atoms with Crippen molar-refractivity contribution in [3.8, 4) is 0 Å². The Bertz CT molecular complexity index is 750. The minimum Gasteiger partial charge on any atom is -0.481 e. The second kappa shape index (κ2) is 7.07. The van der Waals surface area contributed by atoms with Gasteiger partial charge >= 0.3 is 5.97 Å². The van der Waals surface area contributed by atoms with Crippen LogP contribution in [0.1, 0.15) is 12.0 Å². The van der Waals surface area contributed by atoms with Gasteiger partial charge in [0.2, 0.25) is 0 Å². The second-order valence-electron chi connectivity index (χ2n) is 4.45. The average molecular weight is 373 g/mol. The first-order chi connectivity index (χ1) is 10.8. The van der Waals surface area contributed by atoms with Crippen molar-refractivity contribution >= 4 is 63.5 Å². The van der Waals surface area contributed by atoms with Crippen LogP contribution >= 0.6 is 35.6 Å². The lowest BCUT2D eigenvalue weighted by Gasteiger charge is -2.12. The van der Waals surface area contributed by atoms with E-state index in [0.717, 1.165) is 11.8 Å². The fourth-order valence-corrected chi connectivity index (χ4v) is 3.31. The Morgan fingerprint density at radius 1 is 1.52 bits per heavy atom. The average Bonchev–Trinajstić information content (AvgIpc) is 2.73. The topological polar surface area (TPSA) is 101 Å². The van der Waals surface area contributed by atoms with Gasteiger partial charge in [-0.05, 0) is 17.7 Å². The van der Waals surface area contributed by atoms with Gasteiger partial charge in [0.1, 0.15) is 9.34 Å². The van der Waals surface area contributed by atoms with Crippen molar-refractivity contribution < 1.29 is 19.6 Å². The smallest absolute Gasteiger partial charge is 0.305 e. The number of amides is 1. The van der Waals surface area contributed by atoms with Crippen LogP contribution in [-0.2, 0) is 9.59 Å². The van der Waals surface area contributed by atoms with Gasteiger partial charge in [-0.15, -0.1) is 0 Å². The molecule has 120 valence electrons. The molecule has 10 heteroatoms. The second-order valence-corrected chi connectivity index (χ2v) is 6.53. The zero-order chi connectivity index (χ0) is 17.1. The molecule has 1 aliphatic heterocycles. The number of rotatable bonds is 5. The lowest BCUT2D eigenvalue weighted by Crippen LogP contribution is -2.30. The third-order valence-corrected chi connectivity index (χ3v) is 4.58. The standard InChI is InChI=1S/C13H9ClN2O5S2/c14-8-2-1-7(5-9(8)16(20)21)6-10-12(19)15(13(22)23-10)4-3-11(17)18/h1-2,5-6H,3-4H2,(H,17,18). The summed E-state index contributed by atoms with van der Waals surface area (Å²) in [6, 6.07) is 4.17. The molecule has 1 fully saturated rings. The van der Waals surface area contributed by atoms with Crippen molar-refractivity contribution in [3.05, 3.63) is 43.8 Å². The molecule has 0 unspecified atom stereocenters. The molecule has 1 heterocycles. The number of carbonyl (C=O) groups is 2. The van der Waals surface area contributed by atoms with Crippen LogP contribution in [0.15, 0.2) is 23.1 Å². The maximum Gasteiger partial charge on any atom is 0.305 e. The highest BCUT2D eigenvalue weighted by molar-refractivity contribution is 8.26. The van der Waals surface area contributed by atoms with E-state index in [9.17, 15) is 19.7 Å². The Kier molecular flexibility index (Phi) is 5.34. The number of aliphatic carboxylic acids is 1. The minimum atomic E-state index is -1.03. The van der Waals surface area contributed by atoms with E-state index in [0.29, 0.717) is 5.56 Å². The number of carboxylic acid groups (broad SMARTS) is 1. The Morgan fingerprint density at radius 2 is 2.22 bits per heavy atom. The SMILES string of the molecule is O=C(O)CCN1C(=O)C(=Cc2ccc(Cl)c([N+](=O)[O-])c2)SC1=S. The largest absolute Gasteiger partial charge is 0.481 e. The lowest BCUT2D eigenvalue weighted by atomic mass is 10.2. The van der Waals surface area contributed by atoms with E-state index in [1.807, 2.05) is 0 Å². The summed E-state index contributed by atoms with van der Waals surface area (Å²) in [5.74, 6) is -1.45. The fourth-order valence-electron chi connectivity index (χ4n) is 1.81. The predicted molar refractivity (Wildman–Crippen MR) is 90.2 cm³/mol. The van der Waals surface area contributed by atoms with Crippen molar-refractivity contribution in [1.82, 2.24) is 4.90 Å². The lowest BCUT2D eigenvalue weighted by molar-refractivity contribution is -0.384. The molecular weight excluding hydrogens is 364 g/mol. The van der Waals surface area contributed by atoms with Crippen LogP contribution in [0, 0.1) is 10.1 Å². The van der Waals surface area contributed by atoms with Crippen LogP contribution in [0.4, 0.5) is 5.69 Å². The van der Waals surface area contributed by atoms with Gasteiger partial charge in [-0.1, -0.05) is 41.6 Å². The number of nitrogens with zero attached hydrogens (tertiary/aromatic N) is 2. The van der Waals surface area contributed by atoms with E-state index in [2.05, 4.69) is 0 Å². The van der Waals surface area contributed by atoms with Crippen molar-refractivity contribution in [2.45, 2.75) is 6.42 Å². The summed E-state index contributed by atoms with van der Waals surface area (Å²) >= 11 is 11.8. The number of halogens is 1. The zero-order valence-corrected chi connectivity index (χ0v) is 13.8. The van der Waals surface area contributed by atoms with Gasteiger partial charge in [0.05, 0.1) is 16.2 Å². The van der Waals surface area contributed by atoms with Gasteiger partial charge in [0.25, 0.3) is 11.6 Å². The number of carbonyl (C=O) groups excluding carboxylic acids is 1. The Hall–Kier alpha value is -1.97. The monoisotopic (exact) mass is 372 g/mol. The van der Waals surface area contributed by atoms with Crippen molar-refractivity contribution in [2.24, 2.45) is 0 Å². The van der Waals surface area contributed by atoms with Gasteiger partial charge in [0, 0.05) is 12.6 Å². The van der Waals surface area contributed by atoms with E-state index in [-0.39, 0.29) is 32.9 Å². The fraction of sp³-hybridized carbons (Fsp3) is 0.154. The highest BCUT2D eigenvalue weighted by Gasteiger charge is 2.32. The Balaban J connectivity index is 2.25. The molecule has 0 saturated carbocycles. The summed E-state index contributed by atoms with van der Waals surface area (Å²) in [5, 5.41) is 19.6. The Labute approximate surface area is 145 Å². The van der Waals surface area contributed by atoms with Gasteiger partial charge in [-0.2, -0.15) is 0 Å². The van der Waals surface area contributed by atoms with Crippen molar-refractivity contribution in [2.75, 3.05) is 6.54 Å². The molecule has 7 nitrogen and oxygen atoms in total. The minimum absolute atomic E-state index is 0.00107. The molecule has 1 amide bonds. The molecule has 0 bridgehead atoms. The third-order valence-electron chi connectivity index (χ3n) is 2.89. The first kappa shape index (κ1) is 17.4. The van der Waals surface area contributed by atoms with E-state index in [4.69, 9.17) is 28.9 Å². The summed E-state index contributed by atoms with van der Waals surface area (Å²) < 4.78 is 0.256. The number of hydrogen-bond donors (Lipinski definition) is 1. The Morgan fingerprint density at radius 3 is 2.83 bits per heavy atom. The molecule has 0 aliphatic carbocycles. The number of benzene rings is 1. The van der Waals surface area contributed by atoms with Crippen LogP contribution in [-0.4, -0.2) is 37.7 Å². The molecule has 1 aromatic rings. The summed E-state index contributed by atoms with van der Waals surface area (Å²) in [5.41, 5.74) is 0.168. The number of nitro benzene ring substituents is 1. The van der Waals surface area contributed by atoms with Gasteiger partial charge in [-0.3, -0.25) is 24.6 Å². The molecule has 0 aromatic heterocycles. The molecule has 0 spiro atoms. The normalized spacial score (nSPS) is 16.2. The van der Waals surface area contributed by atoms with Gasteiger partial charge in [-0.25, -0.2) is 0 Å². The van der Waals surface area contributed by atoms with Gasteiger partial charge in [0.15, 0.2) is 0 Å². The maximum atomic E-state index is 12.2. The molecule has 23 heavy (non-hydrogen) atoms. The maximum absolute atomic E-state index is 12.2. The van der Waals surface area contributed by atoms with Crippen LogP contribution in [0.25, 0.3) is 6.08 Å². The van der Waals surface area contributed by atoms with E-state index < -0.39 is 16.8 Å². The van der Waals surface area contributed by atoms with Crippen molar-refractivity contribution in [1.29, 1.82) is 0 Å². The van der Waals surface area contributed by atoms with E-state index in [1.165, 1.54) is 23.1 Å². The number of carboxylic acids is 1. The van der Waals surface area contributed by atoms with E-state index >= 15 is 0 Å². The summed E-state index contributed by atoms with van der Waals surface area (Å²) in [4.78, 5) is 34.5. The van der Waals surface area contributed by atoms with Crippen LogP contribution < -0.4 is 0 Å². The molecule has 2 rings (SSSR count). The number of thioether (sulfide) groups is 1. The molecule has 1 saturated heterocycles. The zero-order valence-electron chi connectivity index (χ0n) is 11.4. The highest BCUT2D eigenvalue weighted by atomic mass is 35.5. The predicted octanol–water partition coefficient (Wildman–Crippen LogP) is 2.92. The number of thiocarbonyl (C=S) groups is 1. The quantitative estimate of drug-likeness (QED) is 0.367. The molecule has 1 aromatic carbocycles. The summed E-state index contributed by atoms with van der Waals surface area (Å²) in [7, 11) is 0. The van der Waals surface area contributed by atoms with Crippen LogP contribution in [0.5, 0.6) is 0 Å². The first-order valence-electron chi connectivity index (χ1n) is 6.20. The third kappa shape index (κ3) is 4.06.